The first-order valence-electron chi connectivity index (χ1n) is 8.41. The van der Waals surface area contributed by atoms with Crippen LogP contribution in [0.5, 0.6) is 0 Å². The fourth-order valence-corrected chi connectivity index (χ4v) is 2.24. The van der Waals surface area contributed by atoms with Crippen molar-refractivity contribution in [2.24, 2.45) is 17.2 Å². The van der Waals surface area contributed by atoms with Gasteiger partial charge in [0.1, 0.15) is 0 Å². The molecule has 0 aliphatic carbocycles. The van der Waals surface area contributed by atoms with Gasteiger partial charge in [0.25, 0.3) is 0 Å². The van der Waals surface area contributed by atoms with Crippen LogP contribution in [0.1, 0.15) is 32.1 Å². The predicted molar refractivity (Wildman–Crippen MR) is 92.9 cm³/mol. The monoisotopic (exact) mass is 330 g/mol. The van der Waals surface area contributed by atoms with Gasteiger partial charge in [0.2, 0.25) is 5.91 Å². The Morgan fingerprint density at radius 2 is 1.57 bits per heavy atom. The Bertz CT molecular complexity index is 327. The molecule has 0 aromatic heterocycles. The van der Waals surface area contributed by atoms with E-state index in [1.54, 1.807) is 7.05 Å². The fourth-order valence-electron chi connectivity index (χ4n) is 2.24. The molecule has 0 bridgehead atoms. The molecule has 0 saturated carbocycles. The maximum Gasteiger partial charge on any atom is 0.237 e. The minimum absolute atomic E-state index is 0.0444. The van der Waals surface area contributed by atoms with Crippen LogP contribution in [0.4, 0.5) is 0 Å². The molecule has 0 spiro atoms. The van der Waals surface area contributed by atoms with E-state index in [0.717, 1.165) is 12.8 Å². The highest BCUT2D eigenvalue weighted by Crippen LogP contribution is 2.03. The van der Waals surface area contributed by atoms with Crippen LogP contribution in [0.15, 0.2) is 0 Å². The lowest BCUT2D eigenvalue weighted by molar-refractivity contribution is -0.128. The van der Waals surface area contributed by atoms with Crippen LogP contribution < -0.4 is 33.2 Å². The van der Waals surface area contributed by atoms with Gasteiger partial charge in [-0.1, -0.05) is 6.42 Å². The molecule has 8 heteroatoms. The number of carbonyl (C=O) groups is 2. The Kier molecular flexibility index (Phi) is 13.9. The molecule has 0 saturated heterocycles. The standard InChI is InChI=1S/C15H34N6O2/c1-19-13(5-2-3-7-16)15(23)21-12(6-4-8-17)14(22)11-20-10-9-18/h12-13,19-20H,2-11,16-18H2,1H3,(H,21,23)/t12-,13-/m0/s1. The summed E-state index contributed by atoms with van der Waals surface area (Å²) >= 11 is 0. The molecule has 1 amide bonds. The lowest BCUT2D eigenvalue weighted by Crippen LogP contribution is -2.51. The third kappa shape index (κ3) is 10.4. The SMILES string of the molecule is CN[C@@H](CCCCN)C(=O)N[C@@H](CCCN)C(=O)CNCCN. The van der Waals surface area contributed by atoms with Crippen LogP contribution in [-0.4, -0.2) is 63.5 Å². The van der Waals surface area contributed by atoms with Gasteiger partial charge < -0.3 is 33.2 Å². The van der Waals surface area contributed by atoms with Crippen molar-refractivity contribution in [2.45, 2.75) is 44.2 Å². The van der Waals surface area contributed by atoms with Crippen molar-refractivity contribution in [1.82, 2.24) is 16.0 Å². The highest BCUT2D eigenvalue weighted by molar-refractivity contribution is 5.91. The summed E-state index contributed by atoms with van der Waals surface area (Å²) in [6, 6.07) is -0.826. The number of likely N-dealkylation sites (N-methyl/N-ethyl adjacent to an activating group) is 1. The maximum atomic E-state index is 12.3. The Morgan fingerprint density at radius 1 is 0.913 bits per heavy atom. The van der Waals surface area contributed by atoms with Crippen LogP contribution in [0, 0.1) is 0 Å². The summed E-state index contributed by atoms with van der Waals surface area (Å²) in [5, 5.41) is 8.80. The van der Waals surface area contributed by atoms with E-state index in [4.69, 9.17) is 17.2 Å². The molecule has 0 heterocycles. The number of nitrogens with one attached hydrogen (secondary N) is 3. The number of unbranched alkanes of at least 4 members (excludes halogenated alkanes) is 1. The third-order valence-electron chi connectivity index (χ3n) is 3.63. The summed E-state index contributed by atoms with van der Waals surface area (Å²) in [6.07, 6.45) is 3.68. The highest BCUT2D eigenvalue weighted by atomic mass is 16.2. The van der Waals surface area contributed by atoms with Crippen molar-refractivity contribution >= 4 is 11.7 Å². The normalized spacial score (nSPS) is 13.6. The van der Waals surface area contributed by atoms with Crippen LogP contribution >= 0.6 is 0 Å². The smallest absolute Gasteiger partial charge is 0.237 e. The van der Waals surface area contributed by atoms with Gasteiger partial charge in [-0.15, -0.1) is 0 Å². The van der Waals surface area contributed by atoms with Gasteiger partial charge in [-0.25, -0.2) is 0 Å². The summed E-state index contributed by atoms with van der Waals surface area (Å²) in [5.74, 6) is -0.198. The second-order valence-electron chi connectivity index (χ2n) is 5.55. The van der Waals surface area contributed by atoms with E-state index in [1.807, 2.05) is 0 Å². The van der Waals surface area contributed by atoms with E-state index in [1.165, 1.54) is 0 Å². The Hall–Kier alpha value is -1.06. The first kappa shape index (κ1) is 21.9. The van der Waals surface area contributed by atoms with Crippen molar-refractivity contribution in [1.29, 1.82) is 0 Å². The van der Waals surface area contributed by atoms with Gasteiger partial charge >= 0.3 is 0 Å². The van der Waals surface area contributed by atoms with E-state index < -0.39 is 6.04 Å². The van der Waals surface area contributed by atoms with E-state index in [9.17, 15) is 9.59 Å². The molecule has 0 rings (SSSR count). The second kappa shape index (κ2) is 14.5. The zero-order valence-electron chi connectivity index (χ0n) is 14.3. The predicted octanol–water partition coefficient (Wildman–Crippen LogP) is -1.96. The molecule has 0 fully saturated rings. The quantitative estimate of drug-likeness (QED) is 0.191. The molecule has 0 radical (unpaired) electrons. The van der Waals surface area contributed by atoms with Crippen molar-refractivity contribution in [2.75, 3.05) is 39.8 Å². The van der Waals surface area contributed by atoms with E-state index in [2.05, 4.69) is 16.0 Å². The van der Waals surface area contributed by atoms with Gasteiger partial charge in [0.05, 0.1) is 18.6 Å². The van der Waals surface area contributed by atoms with Gasteiger partial charge in [-0.05, 0) is 45.8 Å². The number of hydrogen-bond donors (Lipinski definition) is 6. The second-order valence-corrected chi connectivity index (χ2v) is 5.55. The lowest BCUT2D eigenvalue weighted by Gasteiger charge is -2.22. The summed E-state index contributed by atoms with van der Waals surface area (Å²) < 4.78 is 0. The molecule has 2 atom stereocenters. The largest absolute Gasteiger partial charge is 0.345 e. The average Bonchev–Trinajstić information content (AvgIpc) is 2.55. The number of amides is 1. The minimum Gasteiger partial charge on any atom is -0.345 e. The molecular weight excluding hydrogens is 296 g/mol. The van der Waals surface area contributed by atoms with E-state index in [0.29, 0.717) is 45.4 Å². The molecule has 23 heavy (non-hydrogen) atoms. The molecule has 0 aromatic rings. The molecular formula is C15H34N6O2. The van der Waals surface area contributed by atoms with Crippen molar-refractivity contribution in [3.63, 3.8) is 0 Å². The van der Waals surface area contributed by atoms with Crippen molar-refractivity contribution in [3.05, 3.63) is 0 Å². The molecule has 0 aliphatic rings. The number of carbonyl (C=O) groups excluding carboxylic acids is 2. The van der Waals surface area contributed by atoms with Crippen LogP contribution in [-0.2, 0) is 9.59 Å². The summed E-state index contributed by atoms with van der Waals surface area (Å²) in [4.78, 5) is 24.6. The molecule has 0 aromatic carbocycles. The summed E-state index contributed by atoms with van der Waals surface area (Å²) in [6.45, 7) is 2.34. The molecule has 0 unspecified atom stereocenters. The highest BCUT2D eigenvalue weighted by Gasteiger charge is 2.23. The molecule has 136 valence electrons. The van der Waals surface area contributed by atoms with Crippen molar-refractivity contribution in [3.8, 4) is 0 Å². The fraction of sp³-hybridized carbons (Fsp3) is 0.867. The van der Waals surface area contributed by atoms with E-state index >= 15 is 0 Å². The Morgan fingerprint density at radius 3 is 2.13 bits per heavy atom. The van der Waals surface area contributed by atoms with Gasteiger partial charge in [0.15, 0.2) is 5.78 Å². The third-order valence-corrected chi connectivity index (χ3v) is 3.63. The Balaban J connectivity index is 4.52. The lowest BCUT2D eigenvalue weighted by atomic mass is 10.0. The van der Waals surface area contributed by atoms with Gasteiger partial charge in [-0.2, -0.15) is 0 Å². The van der Waals surface area contributed by atoms with Gasteiger partial charge in [-0.3, -0.25) is 9.59 Å². The first-order valence-corrected chi connectivity index (χ1v) is 8.41. The number of rotatable bonds is 15. The van der Waals surface area contributed by atoms with E-state index in [-0.39, 0.29) is 24.3 Å². The maximum absolute atomic E-state index is 12.3. The summed E-state index contributed by atoms with van der Waals surface area (Å²) in [7, 11) is 1.74. The van der Waals surface area contributed by atoms with Gasteiger partial charge in [0, 0.05) is 13.1 Å². The number of nitrogens with two attached hydrogens (primary N) is 3. The molecule has 9 N–H and O–H groups in total. The number of ketones is 1. The van der Waals surface area contributed by atoms with Crippen LogP contribution in [0.3, 0.4) is 0 Å². The van der Waals surface area contributed by atoms with Crippen LogP contribution in [0.25, 0.3) is 0 Å². The zero-order chi connectivity index (χ0) is 17.5. The minimum atomic E-state index is -0.512. The number of Topliss-reactive ketones (excluding diaryl/α,β-unsaturated/α-hetero) is 1. The summed E-state index contributed by atoms with van der Waals surface area (Å²) in [5.41, 5.74) is 16.4. The molecule has 0 aliphatic heterocycles. The first-order chi connectivity index (χ1) is 11.1. The average molecular weight is 330 g/mol. The zero-order valence-corrected chi connectivity index (χ0v) is 14.3. The molecule has 8 nitrogen and oxygen atoms in total. The van der Waals surface area contributed by atoms with Crippen molar-refractivity contribution < 1.29 is 9.59 Å². The number of hydrogen-bond acceptors (Lipinski definition) is 7. The Labute approximate surface area is 139 Å². The topological polar surface area (TPSA) is 148 Å². The van der Waals surface area contributed by atoms with Crippen LogP contribution in [0.2, 0.25) is 0 Å².